The summed E-state index contributed by atoms with van der Waals surface area (Å²) in [5, 5.41) is 0.0376. The Morgan fingerprint density at radius 2 is 1.74 bits per heavy atom. The molecular weight excluding hydrogens is 358 g/mol. The lowest BCUT2D eigenvalue weighted by atomic mass is 9.49. The molecule has 1 heterocycles. The van der Waals surface area contributed by atoms with Crippen molar-refractivity contribution in [2.24, 2.45) is 23.2 Å². The van der Waals surface area contributed by atoms with E-state index in [1.807, 2.05) is 30.0 Å². The molecule has 0 N–H and O–H groups in total. The predicted molar refractivity (Wildman–Crippen MR) is 107 cm³/mol. The molecule has 5 heteroatoms. The van der Waals surface area contributed by atoms with Crippen LogP contribution in [0.25, 0.3) is 0 Å². The van der Waals surface area contributed by atoms with Crippen LogP contribution in [0.2, 0.25) is 0 Å². The molecule has 4 nitrogen and oxygen atoms in total. The number of ether oxygens (including phenoxy) is 2. The zero-order chi connectivity index (χ0) is 18.6. The molecule has 1 atom stereocenters. The molecule has 6 rings (SSSR count). The summed E-state index contributed by atoms with van der Waals surface area (Å²) in [6.45, 7) is 0.844. The molecule has 1 unspecified atom stereocenters. The Labute approximate surface area is 166 Å². The van der Waals surface area contributed by atoms with Crippen LogP contribution in [-0.4, -0.2) is 37.3 Å². The molecule has 1 aromatic carbocycles. The predicted octanol–water partition coefficient (Wildman–Crippen LogP) is 4.49. The van der Waals surface area contributed by atoms with Gasteiger partial charge in [-0.15, -0.1) is 11.8 Å². The standard InChI is InChI=1S/C22H29NO3S/c1-25-17-3-4-19(26-2)18(10-17)20-23(5-6-27-20)21(24)22-11-14-7-15(12-22)9-16(8-14)13-22/h3-4,10,14-16,20H,5-9,11-13H2,1-2H3. The van der Waals surface area contributed by atoms with Gasteiger partial charge in [0.15, 0.2) is 0 Å². The number of benzene rings is 1. The Morgan fingerprint density at radius 1 is 1.07 bits per heavy atom. The molecule has 4 saturated carbocycles. The average molecular weight is 388 g/mol. The van der Waals surface area contributed by atoms with Crippen molar-refractivity contribution in [3.05, 3.63) is 23.8 Å². The fourth-order valence-electron chi connectivity index (χ4n) is 6.65. The zero-order valence-electron chi connectivity index (χ0n) is 16.3. The number of carbonyl (C=O) groups is 1. The second-order valence-corrected chi connectivity index (χ2v) is 10.2. The quantitative estimate of drug-likeness (QED) is 0.763. The van der Waals surface area contributed by atoms with Crippen LogP contribution in [0.15, 0.2) is 18.2 Å². The second kappa shape index (κ2) is 6.61. The number of thioether (sulfide) groups is 1. The summed E-state index contributed by atoms with van der Waals surface area (Å²) in [4.78, 5) is 16.0. The Balaban J connectivity index is 1.46. The number of rotatable bonds is 4. The molecule has 4 aliphatic carbocycles. The molecule has 0 radical (unpaired) electrons. The van der Waals surface area contributed by atoms with Gasteiger partial charge < -0.3 is 14.4 Å². The first-order valence-electron chi connectivity index (χ1n) is 10.3. The lowest BCUT2D eigenvalue weighted by Crippen LogP contribution is -2.54. The van der Waals surface area contributed by atoms with Crippen molar-refractivity contribution < 1.29 is 14.3 Å². The van der Waals surface area contributed by atoms with Crippen molar-refractivity contribution in [3.8, 4) is 11.5 Å². The summed E-state index contributed by atoms with van der Waals surface area (Å²) in [6.07, 6.45) is 7.49. The molecule has 1 saturated heterocycles. The van der Waals surface area contributed by atoms with Crippen LogP contribution in [0, 0.1) is 23.2 Å². The maximum absolute atomic E-state index is 13.9. The highest BCUT2D eigenvalue weighted by Gasteiger charge is 2.56. The van der Waals surface area contributed by atoms with Crippen molar-refractivity contribution in [1.29, 1.82) is 0 Å². The monoisotopic (exact) mass is 387 g/mol. The molecule has 0 aromatic heterocycles. The highest BCUT2D eigenvalue weighted by molar-refractivity contribution is 7.99. The third-order valence-corrected chi connectivity index (χ3v) is 8.59. The minimum Gasteiger partial charge on any atom is -0.497 e. The van der Waals surface area contributed by atoms with E-state index in [-0.39, 0.29) is 10.8 Å². The Morgan fingerprint density at radius 3 is 2.33 bits per heavy atom. The summed E-state index contributed by atoms with van der Waals surface area (Å²) in [5.74, 6) is 5.45. The van der Waals surface area contributed by atoms with E-state index in [0.29, 0.717) is 5.91 Å². The average Bonchev–Trinajstić information content (AvgIpc) is 3.15. The fourth-order valence-corrected chi connectivity index (χ4v) is 7.92. The van der Waals surface area contributed by atoms with E-state index < -0.39 is 0 Å². The van der Waals surface area contributed by atoms with E-state index in [4.69, 9.17) is 9.47 Å². The number of nitrogens with zero attached hydrogens (tertiary/aromatic N) is 1. The van der Waals surface area contributed by atoms with Crippen molar-refractivity contribution >= 4 is 17.7 Å². The van der Waals surface area contributed by atoms with Crippen molar-refractivity contribution in [3.63, 3.8) is 0 Å². The van der Waals surface area contributed by atoms with Crippen molar-refractivity contribution in [2.45, 2.75) is 43.9 Å². The second-order valence-electron chi connectivity index (χ2n) is 9.03. The smallest absolute Gasteiger partial charge is 0.230 e. The van der Waals surface area contributed by atoms with E-state index in [2.05, 4.69) is 4.90 Å². The van der Waals surface area contributed by atoms with Gasteiger partial charge in [0.05, 0.1) is 19.6 Å². The summed E-state index contributed by atoms with van der Waals surface area (Å²) in [6, 6.07) is 5.93. The minimum absolute atomic E-state index is 0.0376. The minimum atomic E-state index is -0.0794. The van der Waals surface area contributed by atoms with Crippen LogP contribution < -0.4 is 9.47 Å². The molecule has 5 aliphatic rings. The molecule has 1 aliphatic heterocycles. The fraction of sp³-hybridized carbons (Fsp3) is 0.682. The number of carbonyl (C=O) groups excluding carboxylic acids is 1. The van der Waals surface area contributed by atoms with Crippen LogP contribution in [0.4, 0.5) is 0 Å². The van der Waals surface area contributed by atoms with Gasteiger partial charge in [-0.05, 0) is 74.5 Å². The van der Waals surface area contributed by atoms with E-state index in [0.717, 1.165) is 66.4 Å². The largest absolute Gasteiger partial charge is 0.497 e. The Kier molecular flexibility index (Phi) is 4.34. The van der Waals surface area contributed by atoms with Crippen LogP contribution >= 0.6 is 11.8 Å². The summed E-state index contributed by atoms with van der Waals surface area (Å²) < 4.78 is 11.1. The molecule has 1 aromatic rings. The topological polar surface area (TPSA) is 38.8 Å². The van der Waals surface area contributed by atoms with Gasteiger partial charge in [0, 0.05) is 17.9 Å². The normalized spacial score (nSPS) is 36.9. The van der Waals surface area contributed by atoms with Gasteiger partial charge in [-0.3, -0.25) is 4.79 Å². The van der Waals surface area contributed by atoms with Crippen molar-refractivity contribution in [1.82, 2.24) is 4.90 Å². The first-order chi connectivity index (χ1) is 13.1. The van der Waals surface area contributed by atoms with Gasteiger partial charge in [-0.1, -0.05) is 0 Å². The maximum atomic E-state index is 13.9. The summed E-state index contributed by atoms with van der Waals surface area (Å²) in [7, 11) is 3.39. The summed E-state index contributed by atoms with van der Waals surface area (Å²) >= 11 is 1.85. The lowest BCUT2D eigenvalue weighted by Gasteiger charge is -2.56. The maximum Gasteiger partial charge on any atom is 0.230 e. The Bertz CT molecular complexity index is 714. The lowest BCUT2D eigenvalue weighted by molar-refractivity contribution is -0.157. The summed E-state index contributed by atoms with van der Waals surface area (Å²) in [5.41, 5.74) is 0.988. The number of methoxy groups -OCH3 is 2. The van der Waals surface area contributed by atoms with Crippen LogP contribution in [0.5, 0.6) is 11.5 Å². The van der Waals surface area contributed by atoms with E-state index in [1.165, 1.54) is 19.3 Å². The van der Waals surface area contributed by atoms with E-state index in [9.17, 15) is 4.79 Å². The van der Waals surface area contributed by atoms with Crippen LogP contribution in [0.1, 0.15) is 49.5 Å². The molecule has 5 fully saturated rings. The van der Waals surface area contributed by atoms with E-state index >= 15 is 0 Å². The SMILES string of the molecule is COc1ccc(OC)c(C2SCCN2C(=O)C23CC4CC(CC(C4)C2)C3)c1. The highest BCUT2D eigenvalue weighted by Crippen LogP contribution is 2.61. The van der Waals surface area contributed by atoms with Crippen LogP contribution in [-0.2, 0) is 4.79 Å². The molecule has 0 spiro atoms. The Hall–Kier alpha value is -1.36. The van der Waals surface area contributed by atoms with Gasteiger partial charge in [-0.2, -0.15) is 0 Å². The van der Waals surface area contributed by atoms with Crippen LogP contribution in [0.3, 0.4) is 0 Å². The third-order valence-electron chi connectivity index (χ3n) is 7.35. The van der Waals surface area contributed by atoms with Gasteiger partial charge in [0.1, 0.15) is 16.9 Å². The van der Waals surface area contributed by atoms with Gasteiger partial charge >= 0.3 is 0 Å². The first-order valence-corrected chi connectivity index (χ1v) is 11.3. The molecule has 146 valence electrons. The number of hydrogen-bond acceptors (Lipinski definition) is 4. The van der Waals surface area contributed by atoms with Gasteiger partial charge in [-0.25, -0.2) is 0 Å². The molecule has 4 bridgehead atoms. The van der Waals surface area contributed by atoms with Gasteiger partial charge in [0.25, 0.3) is 0 Å². The highest BCUT2D eigenvalue weighted by atomic mass is 32.2. The van der Waals surface area contributed by atoms with E-state index in [1.54, 1.807) is 14.2 Å². The molecule has 27 heavy (non-hydrogen) atoms. The van der Waals surface area contributed by atoms with Crippen molar-refractivity contribution in [2.75, 3.05) is 26.5 Å². The first kappa shape index (κ1) is 17.7. The zero-order valence-corrected chi connectivity index (χ0v) is 17.1. The number of hydrogen-bond donors (Lipinski definition) is 0. The van der Waals surface area contributed by atoms with Gasteiger partial charge in [0.2, 0.25) is 5.91 Å². The third kappa shape index (κ3) is 2.84. The molecular formula is C22H29NO3S. The molecule has 1 amide bonds. The number of amides is 1.